The van der Waals surface area contributed by atoms with Crippen molar-refractivity contribution in [1.82, 2.24) is 14.8 Å². The molecule has 1 aromatic carbocycles. The van der Waals surface area contributed by atoms with Crippen molar-refractivity contribution in [2.24, 2.45) is 5.41 Å². The van der Waals surface area contributed by atoms with Crippen LogP contribution in [0.1, 0.15) is 13.3 Å². The topological polar surface area (TPSA) is 59.8 Å². The van der Waals surface area contributed by atoms with Crippen LogP contribution in [-0.4, -0.2) is 25.0 Å². The van der Waals surface area contributed by atoms with Crippen LogP contribution in [0.3, 0.4) is 0 Å². The molecule has 5 nitrogen and oxygen atoms in total. The first-order valence-corrected chi connectivity index (χ1v) is 6.82. The molecule has 1 fully saturated rings. The molecule has 0 saturated heterocycles. The summed E-state index contributed by atoms with van der Waals surface area (Å²) in [5, 5.41) is 10.3. The first-order chi connectivity index (χ1) is 9.42. The second-order valence-electron chi connectivity index (χ2n) is 5.09. The van der Waals surface area contributed by atoms with Gasteiger partial charge in [-0.1, -0.05) is 6.07 Å². The highest BCUT2D eigenvalue weighted by Gasteiger charge is 2.67. The van der Waals surface area contributed by atoms with Gasteiger partial charge in [0.1, 0.15) is 17.0 Å². The highest BCUT2D eigenvalue weighted by molar-refractivity contribution is 6.53. The maximum Gasteiger partial charge on any atom is 0.233 e. The highest BCUT2D eigenvalue weighted by atomic mass is 35.5. The smallest absolute Gasteiger partial charge is 0.233 e. The number of rotatable bonds is 3. The third-order valence-electron chi connectivity index (χ3n) is 3.58. The third kappa shape index (κ3) is 2.17. The van der Waals surface area contributed by atoms with Gasteiger partial charge in [-0.05, 0) is 31.5 Å². The zero-order valence-corrected chi connectivity index (χ0v) is 12.2. The SMILES string of the molecule is CC1(C(=O)Nc2cccc(-n3cnnc3)c2)CC1(Cl)Cl. The molecule has 20 heavy (non-hydrogen) atoms. The van der Waals surface area contributed by atoms with Gasteiger partial charge >= 0.3 is 0 Å². The fraction of sp³-hybridized carbons (Fsp3) is 0.308. The zero-order chi connectivity index (χ0) is 14.4. The average Bonchev–Trinajstić information content (AvgIpc) is 2.83. The van der Waals surface area contributed by atoms with E-state index < -0.39 is 9.75 Å². The molecule has 0 radical (unpaired) electrons. The molecule has 1 amide bonds. The van der Waals surface area contributed by atoms with Gasteiger partial charge in [0.05, 0.1) is 11.1 Å². The van der Waals surface area contributed by atoms with Crippen LogP contribution < -0.4 is 5.32 Å². The van der Waals surface area contributed by atoms with E-state index in [0.29, 0.717) is 12.1 Å². The zero-order valence-electron chi connectivity index (χ0n) is 10.7. The predicted octanol–water partition coefficient (Wildman–Crippen LogP) is 2.79. The first kappa shape index (κ1) is 13.4. The second kappa shape index (κ2) is 4.46. The molecule has 3 rings (SSSR count). The Labute approximate surface area is 125 Å². The van der Waals surface area contributed by atoms with Crippen LogP contribution in [0.25, 0.3) is 5.69 Å². The van der Waals surface area contributed by atoms with E-state index in [-0.39, 0.29) is 5.91 Å². The number of carbonyl (C=O) groups is 1. The molecule has 104 valence electrons. The van der Waals surface area contributed by atoms with E-state index in [1.165, 1.54) is 0 Å². The Morgan fingerprint density at radius 2 is 2.00 bits per heavy atom. The second-order valence-corrected chi connectivity index (χ2v) is 6.57. The summed E-state index contributed by atoms with van der Waals surface area (Å²) in [6, 6.07) is 7.37. The van der Waals surface area contributed by atoms with E-state index in [1.807, 2.05) is 24.3 Å². The molecule has 1 saturated carbocycles. The van der Waals surface area contributed by atoms with Gasteiger partial charge in [-0.25, -0.2) is 0 Å². The summed E-state index contributed by atoms with van der Waals surface area (Å²) >= 11 is 12.0. The van der Waals surface area contributed by atoms with Gasteiger partial charge in [0, 0.05) is 5.69 Å². The van der Waals surface area contributed by atoms with Crippen molar-refractivity contribution in [3.8, 4) is 5.69 Å². The van der Waals surface area contributed by atoms with Crippen molar-refractivity contribution >= 4 is 34.8 Å². The number of amides is 1. The Kier molecular flexibility index (Phi) is 2.99. The first-order valence-electron chi connectivity index (χ1n) is 6.07. The van der Waals surface area contributed by atoms with Crippen LogP contribution in [-0.2, 0) is 4.79 Å². The Hall–Kier alpha value is -1.59. The molecule has 1 N–H and O–H groups in total. The molecule has 1 unspecified atom stereocenters. The molecule has 1 aliphatic rings. The number of anilines is 1. The maximum absolute atomic E-state index is 12.2. The Bertz CT molecular complexity index is 656. The van der Waals surface area contributed by atoms with Crippen LogP contribution in [0.2, 0.25) is 0 Å². The van der Waals surface area contributed by atoms with Crippen molar-refractivity contribution in [3.63, 3.8) is 0 Å². The molecule has 0 aliphatic heterocycles. The fourth-order valence-corrected chi connectivity index (χ4v) is 2.70. The summed E-state index contributed by atoms with van der Waals surface area (Å²) < 4.78 is 0.783. The van der Waals surface area contributed by atoms with Crippen molar-refractivity contribution in [2.75, 3.05) is 5.32 Å². The molecule has 7 heteroatoms. The number of nitrogens with zero attached hydrogens (tertiary/aromatic N) is 3. The molecule has 1 heterocycles. The van der Waals surface area contributed by atoms with Crippen molar-refractivity contribution in [2.45, 2.75) is 17.7 Å². The number of alkyl halides is 2. The Morgan fingerprint density at radius 3 is 2.60 bits per heavy atom. The minimum Gasteiger partial charge on any atom is -0.325 e. The molecule has 1 aliphatic carbocycles. The lowest BCUT2D eigenvalue weighted by atomic mass is 10.1. The standard InChI is InChI=1S/C13H12Cl2N4O/c1-12(6-13(12,14)15)11(20)18-9-3-2-4-10(5-9)19-7-16-17-8-19/h2-5,7-8H,6H2,1H3,(H,18,20). The normalized spacial score (nSPS) is 23.4. The van der Waals surface area contributed by atoms with Crippen LogP contribution in [0.5, 0.6) is 0 Å². The van der Waals surface area contributed by atoms with Gasteiger partial charge in [-0.3, -0.25) is 9.36 Å². The summed E-state index contributed by atoms with van der Waals surface area (Å²) in [5.74, 6) is -0.177. The number of halogens is 2. The van der Waals surface area contributed by atoms with E-state index in [0.717, 1.165) is 5.69 Å². The molecule has 0 spiro atoms. The number of hydrogen-bond acceptors (Lipinski definition) is 3. The number of nitrogens with one attached hydrogen (secondary N) is 1. The molecular weight excluding hydrogens is 299 g/mol. The van der Waals surface area contributed by atoms with Crippen LogP contribution >= 0.6 is 23.2 Å². The Balaban J connectivity index is 1.79. The molecular formula is C13H12Cl2N4O. The molecule has 1 aromatic heterocycles. The van der Waals surface area contributed by atoms with Gasteiger partial charge < -0.3 is 5.32 Å². The van der Waals surface area contributed by atoms with E-state index in [9.17, 15) is 4.79 Å². The molecule has 2 aromatic rings. The highest BCUT2D eigenvalue weighted by Crippen LogP contribution is 2.64. The Morgan fingerprint density at radius 1 is 1.35 bits per heavy atom. The minimum atomic E-state index is -0.969. The van der Waals surface area contributed by atoms with Crippen molar-refractivity contribution in [1.29, 1.82) is 0 Å². The van der Waals surface area contributed by atoms with Gasteiger partial charge in [0.25, 0.3) is 0 Å². The summed E-state index contributed by atoms with van der Waals surface area (Å²) in [6.07, 6.45) is 3.64. The summed E-state index contributed by atoms with van der Waals surface area (Å²) in [7, 11) is 0. The van der Waals surface area contributed by atoms with Crippen molar-refractivity contribution < 1.29 is 4.79 Å². The largest absolute Gasteiger partial charge is 0.325 e. The lowest BCUT2D eigenvalue weighted by Crippen LogP contribution is -2.25. The molecule has 0 bridgehead atoms. The number of carbonyl (C=O) groups excluding carboxylic acids is 1. The summed E-state index contributed by atoms with van der Waals surface area (Å²) in [4.78, 5) is 12.2. The van der Waals surface area contributed by atoms with E-state index in [4.69, 9.17) is 23.2 Å². The van der Waals surface area contributed by atoms with Gasteiger partial charge in [0.2, 0.25) is 5.91 Å². The van der Waals surface area contributed by atoms with Gasteiger partial charge in [0.15, 0.2) is 0 Å². The lowest BCUT2D eigenvalue weighted by molar-refractivity contribution is -0.120. The van der Waals surface area contributed by atoms with E-state index >= 15 is 0 Å². The number of benzene rings is 1. The van der Waals surface area contributed by atoms with Gasteiger partial charge in [-0.2, -0.15) is 0 Å². The van der Waals surface area contributed by atoms with Gasteiger partial charge in [-0.15, -0.1) is 33.4 Å². The lowest BCUT2D eigenvalue weighted by Gasteiger charge is -2.13. The molecule has 1 atom stereocenters. The predicted molar refractivity (Wildman–Crippen MR) is 77.1 cm³/mol. The van der Waals surface area contributed by atoms with E-state index in [1.54, 1.807) is 24.1 Å². The van der Waals surface area contributed by atoms with Crippen LogP contribution in [0, 0.1) is 5.41 Å². The minimum absolute atomic E-state index is 0.177. The number of hydrogen-bond donors (Lipinski definition) is 1. The third-order valence-corrected chi connectivity index (χ3v) is 4.68. The summed E-state index contributed by atoms with van der Waals surface area (Å²) in [6.45, 7) is 1.76. The van der Waals surface area contributed by atoms with Crippen LogP contribution in [0.15, 0.2) is 36.9 Å². The quantitative estimate of drug-likeness (QED) is 0.887. The monoisotopic (exact) mass is 310 g/mol. The van der Waals surface area contributed by atoms with E-state index in [2.05, 4.69) is 15.5 Å². The van der Waals surface area contributed by atoms with Crippen LogP contribution in [0.4, 0.5) is 5.69 Å². The number of aromatic nitrogens is 3. The summed E-state index contributed by atoms with van der Waals surface area (Å²) in [5.41, 5.74) is 0.804. The maximum atomic E-state index is 12.2. The average molecular weight is 311 g/mol. The van der Waals surface area contributed by atoms with Crippen molar-refractivity contribution in [3.05, 3.63) is 36.9 Å². The fourth-order valence-electron chi connectivity index (χ4n) is 1.99.